The highest BCUT2D eigenvalue weighted by atomic mass is 19.3. The number of hydrogen-bond acceptors (Lipinski definition) is 4. The van der Waals surface area contributed by atoms with E-state index in [9.17, 15) is 13.9 Å². The average molecular weight is 294 g/mol. The topological polar surface area (TPSA) is 59.2 Å². The van der Waals surface area contributed by atoms with Crippen molar-refractivity contribution in [2.45, 2.75) is 43.6 Å². The fourth-order valence-corrected chi connectivity index (χ4v) is 2.73. The van der Waals surface area contributed by atoms with Crippen LogP contribution in [0.3, 0.4) is 0 Å². The van der Waals surface area contributed by atoms with Crippen LogP contribution < -0.4 is 0 Å². The summed E-state index contributed by atoms with van der Waals surface area (Å²) in [6.45, 7) is 0. The van der Waals surface area contributed by atoms with Crippen LogP contribution in [-0.4, -0.2) is 27.8 Å². The second kappa shape index (κ2) is 5.52. The first-order chi connectivity index (χ1) is 10.1. The Morgan fingerprint density at radius 2 is 1.95 bits per heavy atom. The van der Waals surface area contributed by atoms with Crippen LogP contribution in [-0.2, 0) is 11.8 Å². The number of rotatable bonds is 5. The minimum Gasteiger partial charge on any atom is -0.387 e. The summed E-state index contributed by atoms with van der Waals surface area (Å²) < 4.78 is 29.7. The Labute approximate surface area is 120 Å². The Morgan fingerprint density at radius 3 is 2.52 bits per heavy atom. The fraction of sp³-hybridized carbons (Fsp3) is 0.467. The van der Waals surface area contributed by atoms with Crippen molar-refractivity contribution in [2.24, 2.45) is 0 Å². The average Bonchev–Trinajstić information content (AvgIpc) is 2.87. The molecular formula is C15H16F2N2O2. The molecule has 1 aliphatic rings. The van der Waals surface area contributed by atoms with Gasteiger partial charge in [-0.15, -0.1) is 0 Å². The van der Waals surface area contributed by atoms with Gasteiger partial charge in [-0.05, 0) is 18.4 Å². The van der Waals surface area contributed by atoms with E-state index in [4.69, 9.17) is 4.52 Å². The van der Waals surface area contributed by atoms with Gasteiger partial charge in [0.2, 0.25) is 5.89 Å². The van der Waals surface area contributed by atoms with Crippen LogP contribution in [0.25, 0.3) is 0 Å². The quantitative estimate of drug-likeness (QED) is 0.921. The Bertz CT molecular complexity index is 597. The van der Waals surface area contributed by atoms with Crippen LogP contribution in [0.4, 0.5) is 8.78 Å². The van der Waals surface area contributed by atoms with Crippen LogP contribution in [0.15, 0.2) is 34.9 Å². The van der Waals surface area contributed by atoms with E-state index >= 15 is 0 Å². The molecule has 112 valence electrons. The van der Waals surface area contributed by atoms with Gasteiger partial charge in [0.25, 0.3) is 6.43 Å². The van der Waals surface area contributed by atoms with E-state index in [2.05, 4.69) is 10.1 Å². The first kappa shape index (κ1) is 14.1. The zero-order chi connectivity index (χ0) is 14.9. The third-order valence-electron chi connectivity index (χ3n) is 4.10. The van der Waals surface area contributed by atoms with E-state index in [-0.39, 0.29) is 17.7 Å². The minimum atomic E-state index is -2.81. The molecule has 4 nitrogen and oxygen atoms in total. The van der Waals surface area contributed by atoms with Crippen molar-refractivity contribution in [2.75, 3.05) is 0 Å². The van der Waals surface area contributed by atoms with Gasteiger partial charge < -0.3 is 9.63 Å². The standard InChI is InChI=1S/C15H16F2N2O2/c16-13(17)11(20)9-12-18-14(19-21-12)15(7-4-8-15)10-5-2-1-3-6-10/h1-3,5-6,11,13,20H,4,7-9H2. The van der Waals surface area contributed by atoms with E-state index < -0.39 is 12.5 Å². The Hall–Kier alpha value is -1.82. The van der Waals surface area contributed by atoms with Crippen molar-refractivity contribution in [1.82, 2.24) is 10.1 Å². The summed E-state index contributed by atoms with van der Waals surface area (Å²) in [4.78, 5) is 4.23. The molecule has 1 aromatic heterocycles. The minimum absolute atomic E-state index is 0.0556. The molecule has 3 rings (SSSR count). The molecule has 0 saturated heterocycles. The number of alkyl halides is 2. The van der Waals surface area contributed by atoms with Crippen molar-refractivity contribution < 1.29 is 18.4 Å². The second-order valence-corrected chi connectivity index (χ2v) is 5.42. The van der Waals surface area contributed by atoms with Crippen molar-refractivity contribution in [3.8, 4) is 0 Å². The van der Waals surface area contributed by atoms with E-state index in [0.29, 0.717) is 5.82 Å². The maximum Gasteiger partial charge on any atom is 0.264 e. The van der Waals surface area contributed by atoms with Crippen LogP contribution in [0.1, 0.15) is 36.5 Å². The van der Waals surface area contributed by atoms with Gasteiger partial charge in [0.15, 0.2) is 5.82 Å². The maximum absolute atomic E-state index is 12.4. The zero-order valence-electron chi connectivity index (χ0n) is 11.4. The third kappa shape index (κ3) is 2.55. The highest BCUT2D eigenvalue weighted by molar-refractivity contribution is 5.35. The summed E-state index contributed by atoms with van der Waals surface area (Å²) in [6.07, 6.45) is -2.02. The Balaban J connectivity index is 1.85. The van der Waals surface area contributed by atoms with E-state index in [1.165, 1.54) is 0 Å². The smallest absolute Gasteiger partial charge is 0.264 e. The van der Waals surface area contributed by atoms with Gasteiger partial charge in [-0.1, -0.05) is 41.9 Å². The summed E-state index contributed by atoms with van der Waals surface area (Å²) in [5.74, 6) is 0.580. The number of halogens is 2. The molecule has 1 saturated carbocycles. The van der Waals surface area contributed by atoms with Crippen molar-refractivity contribution in [3.63, 3.8) is 0 Å². The lowest BCUT2D eigenvalue weighted by atomic mass is 9.64. The van der Waals surface area contributed by atoms with Crippen LogP contribution >= 0.6 is 0 Å². The molecule has 0 amide bonds. The van der Waals surface area contributed by atoms with Crippen molar-refractivity contribution in [1.29, 1.82) is 0 Å². The molecule has 1 aliphatic carbocycles. The molecule has 0 aliphatic heterocycles. The molecular weight excluding hydrogens is 278 g/mol. The predicted octanol–water partition coefficient (Wildman–Crippen LogP) is 2.71. The van der Waals surface area contributed by atoms with Crippen molar-refractivity contribution >= 4 is 0 Å². The maximum atomic E-state index is 12.4. The summed E-state index contributed by atoms with van der Waals surface area (Å²) in [6, 6.07) is 9.89. The molecule has 1 N–H and O–H groups in total. The highest BCUT2D eigenvalue weighted by Gasteiger charge is 2.44. The van der Waals surface area contributed by atoms with E-state index in [1.54, 1.807) is 0 Å². The van der Waals surface area contributed by atoms with Gasteiger partial charge in [0, 0.05) is 0 Å². The Morgan fingerprint density at radius 1 is 1.24 bits per heavy atom. The fourth-order valence-electron chi connectivity index (χ4n) is 2.73. The summed E-state index contributed by atoms with van der Waals surface area (Å²) >= 11 is 0. The zero-order valence-corrected chi connectivity index (χ0v) is 11.4. The molecule has 0 bridgehead atoms. The number of aromatic nitrogens is 2. The lowest BCUT2D eigenvalue weighted by molar-refractivity contribution is -0.00754. The predicted molar refractivity (Wildman–Crippen MR) is 71.1 cm³/mol. The first-order valence-corrected chi connectivity index (χ1v) is 6.97. The van der Waals surface area contributed by atoms with E-state index in [1.807, 2.05) is 30.3 Å². The third-order valence-corrected chi connectivity index (χ3v) is 4.10. The molecule has 21 heavy (non-hydrogen) atoms. The largest absolute Gasteiger partial charge is 0.387 e. The molecule has 1 fully saturated rings. The number of nitrogens with zero attached hydrogens (tertiary/aromatic N) is 2. The van der Waals surface area contributed by atoms with Crippen LogP contribution in [0, 0.1) is 0 Å². The molecule has 0 radical (unpaired) electrons. The molecule has 1 atom stereocenters. The molecule has 6 heteroatoms. The summed E-state index contributed by atoms with van der Waals surface area (Å²) in [5.41, 5.74) is 0.830. The monoisotopic (exact) mass is 294 g/mol. The molecule has 2 aromatic rings. The van der Waals surface area contributed by atoms with Gasteiger partial charge in [-0.25, -0.2) is 8.78 Å². The van der Waals surface area contributed by atoms with Crippen LogP contribution in [0.5, 0.6) is 0 Å². The lowest BCUT2D eigenvalue weighted by Gasteiger charge is -2.39. The van der Waals surface area contributed by atoms with Gasteiger partial charge in [0.1, 0.15) is 6.10 Å². The SMILES string of the molecule is OC(Cc1nc(C2(c3ccccc3)CCC2)no1)C(F)F. The van der Waals surface area contributed by atoms with Gasteiger partial charge in [-0.3, -0.25) is 0 Å². The lowest BCUT2D eigenvalue weighted by Crippen LogP contribution is -2.36. The van der Waals surface area contributed by atoms with Crippen LogP contribution in [0.2, 0.25) is 0 Å². The molecule has 0 spiro atoms. The number of benzene rings is 1. The second-order valence-electron chi connectivity index (χ2n) is 5.42. The Kier molecular flexibility index (Phi) is 3.71. The molecule has 1 aromatic carbocycles. The van der Waals surface area contributed by atoms with E-state index in [0.717, 1.165) is 24.8 Å². The normalized spacial score (nSPS) is 18.5. The number of aliphatic hydroxyl groups excluding tert-OH is 1. The molecule has 1 heterocycles. The summed E-state index contributed by atoms with van der Waals surface area (Å²) in [7, 11) is 0. The van der Waals surface area contributed by atoms with Gasteiger partial charge in [-0.2, -0.15) is 4.98 Å². The van der Waals surface area contributed by atoms with Crippen molar-refractivity contribution in [3.05, 3.63) is 47.6 Å². The van der Waals surface area contributed by atoms with Gasteiger partial charge in [0.05, 0.1) is 11.8 Å². The number of aliphatic hydroxyl groups is 1. The number of hydrogen-bond donors (Lipinski definition) is 1. The van der Waals surface area contributed by atoms with Gasteiger partial charge >= 0.3 is 0 Å². The summed E-state index contributed by atoms with van der Waals surface area (Å²) in [5, 5.41) is 13.2. The first-order valence-electron chi connectivity index (χ1n) is 6.97. The molecule has 1 unspecified atom stereocenters. The highest BCUT2D eigenvalue weighted by Crippen LogP contribution is 2.47.